The van der Waals surface area contributed by atoms with Crippen LogP contribution in [0.2, 0.25) is 0 Å². The molecule has 0 aliphatic rings. The third-order valence-corrected chi connectivity index (χ3v) is 11.3. The number of carbonyl (C=O) groups is 3. The minimum Gasteiger partial charge on any atom is -0.462 e. The molecule has 0 aliphatic heterocycles. The number of hydrogen-bond acceptors (Lipinski definition) is 6. The molecule has 6 nitrogen and oxygen atoms in total. The first-order valence-corrected chi connectivity index (χ1v) is 28.3. The number of unbranched alkanes of at least 4 members (excludes halogenated alkanes) is 14. The molecule has 0 fully saturated rings. The number of esters is 3. The Hall–Kier alpha value is -4.71. The Bertz CT molecular complexity index is 1590. The van der Waals surface area contributed by atoms with Gasteiger partial charge in [0, 0.05) is 19.3 Å². The lowest BCUT2D eigenvalue weighted by Crippen LogP contribution is -2.30. The number of hydrogen-bond donors (Lipinski definition) is 0. The van der Waals surface area contributed by atoms with Crippen molar-refractivity contribution in [3.8, 4) is 0 Å². The van der Waals surface area contributed by atoms with Gasteiger partial charge in [0.2, 0.25) is 0 Å². The van der Waals surface area contributed by atoms with Crippen LogP contribution in [0.25, 0.3) is 0 Å². The van der Waals surface area contributed by atoms with E-state index in [4.69, 9.17) is 14.2 Å². The topological polar surface area (TPSA) is 78.9 Å². The molecular formula is C65H102O6. The Morgan fingerprint density at radius 3 is 0.958 bits per heavy atom. The van der Waals surface area contributed by atoms with E-state index >= 15 is 0 Å². The second-order valence-corrected chi connectivity index (χ2v) is 18.1. The third-order valence-electron chi connectivity index (χ3n) is 11.3. The monoisotopic (exact) mass is 979 g/mol. The normalized spacial score (nSPS) is 13.2. The van der Waals surface area contributed by atoms with E-state index in [-0.39, 0.29) is 44.0 Å². The molecule has 0 aliphatic carbocycles. The summed E-state index contributed by atoms with van der Waals surface area (Å²) >= 11 is 0. The predicted molar refractivity (Wildman–Crippen MR) is 306 cm³/mol. The van der Waals surface area contributed by atoms with Crippen molar-refractivity contribution < 1.29 is 28.6 Å². The lowest BCUT2D eigenvalue weighted by atomic mass is 10.1. The summed E-state index contributed by atoms with van der Waals surface area (Å²) in [6, 6.07) is 0. The van der Waals surface area contributed by atoms with Crippen LogP contribution in [0.1, 0.15) is 226 Å². The van der Waals surface area contributed by atoms with Crippen LogP contribution < -0.4 is 0 Å². The van der Waals surface area contributed by atoms with Crippen molar-refractivity contribution in [1.82, 2.24) is 0 Å². The highest BCUT2D eigenvalue weighted by atomic mass is 16.6. The fourth-order valence-corrected chi connectivity index (χ4v) is 7.07. The fourth-order valence-electron chi connectivity index (χ4n) is 7.07. The van der Waals surface area contributed by atoms with E-state index < -0.39 is 6.10 Å². The van der Waals surface area contributed by atoms with Crippen molar-refractivity contribution in [2.24, 2.45) is 0 Å². The van der Waals surface area contributed by atoms with Crippen molar-refractivity contribution in [2.45, 2.75) is 232 Å². The number of carbonyl (C=O) groups excluding carboxylic acids is 3. The number of rotatable bonds is 49. The minimum absolute atomic E-state index is 0.129. The molecule has 1 atom stereocenters. The van der Waals surface area contributed by atoms with Gasteiger partial charge in [0.25, 0.3) is 0 Å². The SMILES string of the molecule is CC/C=C\C/C=C\C/C=C\CCCCCCCC(=O)OC[C@H](COC(=O)CC/C=C\C/C=C\C/C=C\C/C=C\C/C=C\CCCCC)OC(=O)CCCCC/C=C\C/C=C\C/C=C\C/C=C\CCCCC. The molecule has 0 unspecified atom stereocenters. The highest BCUT2D eigenvalue weighted by Gasteiger charge is 2.19. The molecule has 0 heterocycles. The fraction of sp³-hybridized carbons (Fsp3) is 0.585. The van der Waals surface area contributed by atoms with Gasteiger partial charge in [-0.25, -0.2) is 0 Å². The van der Waals surface area contributed by atoms with Crippen molar-refractivity contribution in [1.29, 1.82) is 0 Å². The molecule has 398 valence electrons. The van der Waals surface area contributed by atoms with Crippen LogP contribution in [-0.2, 0) is 28.6 Å². The van der Waals surface area contributed by atoms with Gasteiger partial charge in [-0.15, -0.1) is 0 Å². The van der Waals surface area contributed by atoms with E-state index in [0.717, 1.165) is 122 Å². The van der Waals surface area contributed by atoms with Crippen LogP contribution in [0.3, 0.4) is 0 Å². The van der Waals surface area contributed by atoms with Gasteiger partial charge in [0.05, 0.1) is 0 Å². The molecule has 0 N–H and O–H groups in total. The molecule has 0 aromatic carbocycles. The molecule has 0 spiro atoms. The molecule has 71 heavy (non-hydrogen) atoms. The Labute approximate surface area is 436 Å². The predicted octanol–water partition coefficient (Wildman–Crippen LogP) is 19.2. The van der Waals surface area contributed by atoms with E-state index in [9.17, 15) is 14.4 Å². The lowest BCUT2D eigenvalue weighted by molar-refractivity contribution is -0.166. The maximum absolute atomic E-state index is 12.8. The van der Waals surface area contributed by atoms with E-state index in [2.05, 4.69) is 154 Å². The van der Waals surface area contributed by atoms with Crippen molar-refractivity contribution in [3.05, 3.63) is 146 Å². The van der Waals surface area contributed by atoms with Crippen molar-refractivity contribution >= 4 is 17.9 Å². The van der Waals surface area contributed by atoms with Gasteiger partial charge in [0.15, 0.2) is 6.10 Å². The largest absolute Gasteiger partial charge is 0.462 e. The Morgan fingerprint density at radius 2 is 0.577 bits per heavy atom. The van der Waals surface area contributed by atoms with Gasteiger partial charge in [0.1, 0.15) is 13.2 Å². The number of allylic oxidation sites excluding steroid dienone is 24. The van der Waals surface area contributed by atoms with Gasteiger partial charge in [-0.3, -0.25) is 14.4 Å². The standard InChI is InChI=1S/C65H102O6/c1-4-7-10-13-16-19-22-25-28-30-32-34-37-40-43-46-49-52-55-58-64(67)70-61-62(60-69-63(66)57-54-51-48-45-42-39-36-27-24-21-18-15-12-9-6-3)71-65(68)59-56-53-50-47-44-41-38-35-33-31-29-26-23-20-17-14-11-8-5-2/h9,12,16-21,25-29,32-36,40-41,43-44,49,52,62H,4-8,10-11,13-15,22-24,30-31,37-39,42,45-48,50-51,53-61H2,1-3H3/b12-9-,19-16-,20-17-,21-18-,28-25-,29-26-,34-32-,35-33-,36-27-,43-40-,44-41-,52-49-/t62-/m1/s1. The first kappa shape index (κ1) is 66.3. The summed E-state index contributed by atoms with van der Waals surface area (Å²) in [4.78, 5) is 38.1. The van der Waals surface area contributed by atoms with Gasteiger partial charge >= 0.3 is 17.9 Å². The molecule has 0 rings (SSSR count). The molecule has 0 saturated carbocycles. The average molecular weight is 980 g/mol. The zero-order chi connectivity index (χ0) is 51.4. The molecule has 0 aromatic heterocycles. The summed E-state index contributed by atoms with van der Waals surface area (Å²) in [5.74, 6) is -1.07. The zero-order valence-electron chi connectivity index (χ0n) is 45.4. The summed E-state index contributed by atoms with van der Waals surface area (Å²) in [6.07, 6.45) is 82.7. The maximum Gasteiger partial charge on any atom is 0.306 e. The van der Waals surface area contributed by atoms with Crippen LogP contribution in [0, 0.1) is 0 Å². The van der Waals surface area contributed by atoms with Crippen molar-refractivity contribution in [2.75, 3.05) is 13.2 Å². The molecule has 0 amide bonds. The van der Waals surface area contributed by atoms with Crippen LogP contribution in [0.15, 0.2) is 146 Å². The smallest absolute Gasteiger partial charge is 0.306 e. The number of ether oxygens (including phenoxy) is 3. The molecule has 0 radical (unpaired) electrons. The zero-order valence-corrected chi connectivity index (χ0v) is 45.4. The molecule has 0 bridgehead atoms. The van der Waals surface area contributed by atoms with Crippen LogP contribution in [0.4, 0.5) is 0 Å². The molecule has 0 aromatic rings. The Kier molecular flexibility index (Phi) is 54.0. The third kappa shape index (κ3) is 56.1. The van der Waals surface area contributed by atoms with Gasteiger partial charge in [-0.2, -0.15) is 0 Å². The quantitative estimate of drug-likeness (QED) is 0.0262. The Balaban J connectivity index is 4.62. The summed E-state index contributed by atoms with van der Waals surface area (Å²) in [6.45, 7) is 6.35. The van der Waals surface area contributed by atoms with Crippen LogP contribution in [-0.4, -0.2) is 37.2 Å². The van der Waals surface area contributed by atoms with E-state index in [0.29, 0.717) is 19.3 Å². The highest BCUT2D eigenvalue weighted by Crippen LogP contribution is 2.12. The summed E-state index contributed by atoms with van der Waals surface area (Å²) < 4.78 is 16.7. The van der Waals surface area contributed by atoms with Gasteiger partial charge in [-0.05, 0) is 135 Å². The second-order valence-electron chi connectivity index (χ2n) is 18.1. The van der Waals surface area contributed by atoms with Gasteiger partial charge < -0.3 is 14.2 Å². The van der Waals surface area contributed by atoms with Crippen LogP contribution >= 0.6 is 0 Å². The molecular weight excluding hydrogens is 877 g/mol. The van der Waals surface area contributed by atoms with E-state index in [1.165, 1.54) is 51.4 Å². The molecule has 6 heteroatoms. The maximum atomic E-state index is 12.8. The Morgan fingerprint density at radius 1 is 0.296 bits per heavy atom. The highest BCUT2D eigenvalue weighted by molar-refractivity contribution is 5.71. The van der Waals surface area contributed by atoms with Crippen LogP contribution in [0.5, 0.6) is 0 Å². The van der Waals surface area contributed by atoms with E-state index in [1.807, 2.05) is 12.2 Å². The second kappa shape index (κ2) is 57.9. The summed E-state index contributed by atoms with van der Waals surface area (Å²) in [7, 11) is 0. The summed E-state index contributed by atoms with van der Waals surface area (Å²) in [5.41, 5.74) is 0. The first-order valence-electron chi connectivity index (χ1n) is 28.3. The van der Waals surface area contributed by atoms with Crippen molar-refractivity contribution in [3.63, 3.8) is 0 Å². The summed E-state index contributed by atoms with van der Waals surface area (Å²) in [5, 5.41) is 0. The minimum atomic E-state index is -0.839. The molecule has 0 saturated heterocycles. The average Bonchev–Trinajstić information content (AvgIpc) is 3.37. The van der Waals surface area contributed by atoms with E-state index in [1.54, 1.807) is 0 Å². The first-order chi connectivity index (χ1) is 35.0. The lowest BCUT2D eigenvalue weighted by Gasteiger charge is -2.18. The van der Waals surface area contributed by atoms with Gasteiger partial charge in [-0.1, -0.05) is 218 Å².